The standard InChI is InChI=1S/C14H18F3N3O3.HI/c1-22-12(21)4-2-3-9-19-13(18)20-10-5-7-11(8-6-10)23-14(15,16)17;/h5-8H,2-4,9H2,1H3,(H3,18,19,20);1H. The first-order valence-electron chi connectivity index (χ1n) is 6.80. The molecule has 0 bridgehead atoms. The molecule has 0 saturated heterocycles. The third-order valence-electron chi connectivity index (χ3n) is 2.66. The van der Waals surface area contributed by atoms with E-state index in [1.165, 1.54) is 31.4 Å². The molecule has 1 aromatic rings. The Morgan fingerprint density at radius 1 is 1.25 bits per heavy atom. The molecule has 0 spiro atoms. The van der Waals surface area contributed by atoms with E-state index < -0.39 is 6.36 Å². The maximum Gasteiger partial charge on any atom is 0.573 e. The Kier molecular flexibility index (Phi) is 10.2. The Hall–Kier alpha value is -1.72. The van der Waals surface area contributed by atoms with Crippen molar-refractivity contribution < 1.29 is 27.4 Å². The van der Waals surface area contributed by atoms with Crippen LogP contribution in [0.3, 0.4) is 0 Å². The number of halogens is 4. The number of guanidine groups is 1. The van der Waals surface area contributed by atoms with Crippen molar-refractivity contribution >= 4 is 41.6 Å². The molecule has 0 aromatic heterocycles. The topological polar surface area (TPSA) is 85.9 Å². The summed E-state index contributed by atoms with van der Waals surface area (Å²) in [5.74, 6) is -0.463. The molecule has 136 valence electrons. The number of rotatable bonds is 7. The van der Waals surface area contributed by atoms with Gasteiger partial charge >= 0.3 is 12.3 Å². The van der Waals surface area contributed by atoms with Gasteiger partial charge in [-0.2, -0.15) is 0 Å². The second-order valence-corrected chi connectivity index (χ2v) is 4.50. The number of methoxy groups -OCH3 is 1. The molecule has 0 atom stereocenters. The molecule has 0 unspecified atom stereocenters. The fraction of sp³-hybridized carbons (Fsp3) is 0.429. The predicted octanol–water partition coefficient (Wildman–Crippen LogP) is 3.27. The molecule has 0 aliphatic rings. The molecular weight excluding hydrogens is 442 g/mol. The van der Waals surface area contributed by atoms with E-state index in [1.54, 1.807) is 0 Å². The predicted molar refractivity (Wildman–Crippen MR) is 94.5 cm³/mol. The number of nitrogens with two attached hydrogens (primary N) is 1. The molecule has 0 radical (unpaired) electrons. The van der Waals surface area contributed by atoms with Gasteiger partial charge in [-0.15, -0.1) is 37.1 Å². The number of carbonyl (C=O) groups excluding carboxylic acids is 1. The fourth-order valence-electron chi connectivity index (χ4n) is 1.61. The van der Waals surface area contributed by atoms with Gasteiger partial charge < -0.3 is 20.5 Å². The highest BCUT2D eigenvalue weighted by atomic mass is 127. The minimum absolute atomic E-state index is 0. The monoisotopic (exact) mass is 461 g/mol. The lowest BCUT2D eigenvalue weighted by Crippen LogP contribution is -2.23. The maximum atomic E-state index is 12.0. The summed E-state index contributed by atoms with van der Waals surface area (Å²) in [5, 5.41) is 2.74. The quantitative estimate of drug-likeness (QED) is 0.214. The van der Waals surface area contributed by atoms with Crippen LogP contribution in [0.4, 0.5) is 18.9 Å². The number of carbonyl (C=O) groups is 1. The van der Waals surface area contributed by atoms with E-state index >= 15 is 0 Å². The second kappa shape index (κ2) is 10.9. The number of nitrogens with one attached hydrogen (secondary N) is 1. The lowest BCUT2D eigenvalue weighted by Gasteiger charge is -2.10. The van der Waals surface area contributed by atoms with Crippen molar-refractivity contribution in [1.82, 2.24) is 0 Å². The number of hydrogen-bond acceptors (Lipinski definition) is 4. The normalized spacial score (nSPS) is 11.4. The van der Waals surface area contributed by atoms with Crippen LogP contribution in [0.5, 0.6) is 5.75 Å². The molecule has 0 heterocycles. The average molecular weight is 461 g/mol. The molecule has 1 aromatic carbocycles. The summed E-state index contributed by atoms with van der Waals surface area (Å²) in [6, 6.07) is 5.11. The molecule has 1 rings (SSSR count). The number of anilines is 1. The number of hydrogen-bond donors (Lipinski definition) is 2. The minimum atomic E-state index is -4.72. The summed E-state index contributed by atoms with van der Waals surface area (Å²) in [6.07, 6.45) is -3.11. The molecular formula is C14H19F3IN3O3. The summed E-state index contributed by atoms with van der Waals surface area (Å²) < 4.78 is 44.3. The number of nitrogens with zero attached hydrogens (tertiary/aromatic N) is 1. The van der Waals surface area contributed by atoms with Gasteiger partial charge in [0, 0.05) is 18.7 Å². The first-order valence-corrected chi connectivity index (χ1v) is 6.80. The van der Waals surface area contributed by atoms with E-state index in [9.17, 15) is 18.0 Å². The first-order chi connectivity index (χ1) is 10.8. The Morgan fingerprint density at radius 3 is 2.42 bits per heavy atom. The van der Waals surface area contributed by atoms with Gasteiger partial charge in [0.1, 0.15) is 5.75 Å². The van der Waals surface area contributed by atoms with Crippen LogP contribution in [0.25, 0.3) is 0 Å². The zero-order valence-corrected chi connectivity index (χ0v) is 15.3. The van der Waals surface area contributed by atoms with E-state index in [-0.39, 0.29) is 41.7 Å². The van der Waals surface area contributed by atoms with Gasteiger partial charge in [-0.3, -0.25) is 9.79 Å². The van der Waals surface area contributed by atoms with Crippen LogP contribution in [0, 0.1) is 0 Å². The zero-order chi connectivity index (χ0) is 17.3. The molecule has 0 fully saturated rings. The molecule has 0 saturated carbocycles. The largest absolute Gasteiger partial charge is 0.573 e. The first kappa shape index (κ1) is 22.3. The Labute approximate surface area is 154 Å². The highest BCUT2D eigenvalue weighted by molar-refractivity contribution is 14.0. The smallest absolute Gasteiger partial charge is 0.469 e. The van der Waals surface area contributed by atoms with Crippen LogP contribution in [0.2, 0.25) is 0 Å². The fourth-order valence-corrected chi connectivity index (χ4v) is 1.61. The van der Waals surface area contributed by atoms with Crippen molar-refractivity contribution in [3.8, 4) is 5.75 Å². The van der Waals surface area contributed by atoms with Gasteiger partial charge in [0.2, 0.25) is 0 Å². The Morgan fingerprint density at radius 2 is 1.88 bits per heavy atom. The molecule has 0 aliphatic carbocycles. The number of alkyl halides is 3. The minimum Gasteiger partial charge on any atom is -0.469 e. The zero-order valence-electron chi connectivity index (χ0n) is 12.9. The van der Waals surface area contributed by atoms with Crippen molar-refractivity contribution in [2.45, 2.75) is 25.6 Å². The van der Waals surface area contributed by atoms with Crippen molar-refractivity contribution in [3.63, 3.8) is 0 Å². The van der Waals surface area contributed by atoms with Crippen molar-refractivity contribution in [2.75, 3.05) is 19.0 Å². The number of esters is 1. The molecule has 10 heteroatoms. The summed E-state index contributed by atoms with van der Waals surface area (Å²) in [6.45, 7) is 0.422. The van der Waals surface area contributed by atoms with E-state index in [0.717, 1.165) is 0 Å². The highest BCUT2D eigenvalue weighted by Gasteiger charge is 2.30. The molecule has 0 amide bonds. The van der Waals surface area contributed by atoms with E-state index in [0.29, 0.717) is 31.5 Å². The van der Waals surface area contributed by atoms with Crippen LogP contribution in [-0.2, 0) is 9.53 Å². The summed E-state index contributed by atoms with van der Waals surface area (Å²) in [4.78, 5) is 14.9. The molecule has 24 heavy (non-hydrogen) atoms. The van der Waals surface area contributed by atoms with Crippen molar-refractivity contribution in [1.29, 1.82) is 0 Å². The van der Waals surface area contributed by atoms with E-state index in [1.807, 2.05) is 0 Å². The van der Waals surface area contributed by atoms with Crippen LogP contribution in [0.1, 0.15) is 19.3 Å². The van der Waals surface area contributed by atoms with Crippen LogP contribution in [0.15, 0.2) is 29.3 Å². The summed E-state index contributed by atoms with van der Waals surface area (Å²) in [7, 11) is 1.33. The lowest BCUT2D eigenvalue weighted by molar-refractivity contribution is -0.274. The number of ether oxygens (including phenoxy) is 2. The molecule has 0 aliphatic heterocycles. The lowest BCUT2D eigenvalue weighted by atomic mass is 10.2. The van der Waals surface area contributed by atoms with Crippen molar-refractivity contribution in [3.05, 3.63) is 24.3 Å². The van der Waals surface area contributed by atoms with Gasteiger partial charge in [0.05, 0.1) is 7.11 Å². The Balaban J connectivity index is 0.00000529. The van der Waals surface area contributed by atoms with E-state index in [2.05, 4.69) is 19.8 Å². The Bertz CT molecular complexity index is 536. The summed E-state index contributed by atoms with van der Waals surface area (Å²) >= 11 is 0. The maximum absolute atomic E-state index is 12.0. The van der Waals surface area contributed by atoms with Gasteiger partial charge in [0.25, 0.3) is 0 Å². The number of aliphatic imine (C=N–C) groups is 1. The van der Waals surface area contributed by atoms with Gasteiger partial charge in [-0.25, -0.2) is 0 Å². The van der Waals surface area contributed by atoms with Crippen LogP contribution < -0.4 is 15.8 Å². The van der Waals surface area contributed by atoms with Gasteiger partial charge in [-0.05, 0) is 37.1 Å². The van der Waals surface area contributed by atoms with E-state index in [4.69, 9.17) is 5.73 Å². The SMILES string of the molecule is COC(=O)CCCCN=C(N)Nc1ccc(OC(F)(F)F)cc1.I. The van der Waals surface area contributed by atoms with Gasteiger partial charge in [-0.1, -0.05) is 0 Å². The molecule has 3 N–H and O–H groups in total. The summed E-state index contributed by atoms with van der Waals surface area (Å²) in [5.41, 5.74) is 6.13. The van der Waals surface area contributed by atoms with Crippen LogP contribution in [-0.4, -0.2) is 31.9 Å². The average Bonchev–Trinajstić information content (AvgIpc) is 2.47. The highest BCUT2D eigenvalue weighted by Crippen LogP contribution is 2.23. The third-order valence-corrected chi connectivity index (χ3v) is 2.66. The van der Waals surface area contributed by atoms with Crippen LogP contribution >= 0.6 is 24.0 Å². The second-order valence-electron chi connectivity index (χ2n) is 4.50. The van der Waals surface area contributed by atoms with Gasteiger partial charge in [0.15, 0.2) is 5.96 Å². The third kappa shape index (κ3) is 10.1. The van der Waals surface area contributed by atoms with Crippen molar-refractivity contribution in [2.24, 2.45) is 10.7 Å². The molecule has 6 nitrogen and oxygen atoms in total. The number of unbranched alkanes of at least 4 members (excludes halogenated alkanes) is 1. The number of benzene rings is 1.